The van der Waals surface area contributed by atoms with E-state index in [4.69, 9.17) is 19.2 Å². The van der Waals surface area contributed by atoms with Crippen LogP contribution in [0.4, 0.5) is 15.8 Å². The lowest BCUT2D eigenvalue weighted by atomic mass is 9.99. The maximum atomic E-state index is 13.5. The van der Waals surface area contributed by atoms with E-state index >= 15 is 0 Å². The van der Waals surface area contributed by atoms with Gasteiger partial charge in [0, 0.05) is 55.4 Å². The number of halogens is 1. The summed E-state index contributed by atoms with van der Waals surface area (Å²) < 4.78 is 51.9. The summed E-state index contributed by atoms with van der Waals surface area (Å²) in [6.07, 6.45) is 6.84. The summed E-state index contributed by atoms with van der Waals surface area (Å²) in [5.74, 6) is -0.241. The summed E-state index contributed by atoms with van der Waals surface area (Å²) in [6, 6.07) is 10.8. The largest absolute Gasteiger partial charge is 0.466 e. The van der Waals surface area contributed by atoms with E-state index in [1.54, 1.807) is 8.61 Å². The molecular formula is C24H28FN4O6PS. The van der Waals surface area contributed by atoms with Gasteiger partial charge in [0.25, 0.3) is 0 Å². The molecular weight excluding hydrogens is 522 g/mol. The standard InChI is InChI=1S/C24H25FN4O2S.H3O4P/c25-19-6-7-20-21(16-26-22(20)15-19)17-8-11-27(12-9-17)13-14-28-23-5-1-3-18-4-2-10-29(24(18)23)32(28,30)31;1-5(2,3)4/h1,3,5-8,15-16,26H,2,4,9-14H2;(H3,1,2,3,4). The molecule has 198 valence electrons. The zero-order chi connectivity index (χ0) is 26.4. The number of rotatable bonds is 4. The van der Waals surface area contributed by atoms with Crippen LogP contribution in [0, 0.1) is 5.82 Å². The number of hydrogen-bond acceptors (Lipinski definition) is 4. The second kappa shape index (κ2) is 9.86. The van der Waals surface area contributed by atoms with Gasteiger partial charge in [-0.05, 0) is 54.7 Å². The van der Waals surface area contributed by atoms with Crippen molar-refractivity contribution in [1.29, 1.82) is 0 Å². The SMILES string of the molecule is O=P(O)(O)O.O=S1(=O)N(CCN2CC=C(c3c[nH]c4cc(F)ccc34)CC2)c2cccc3c2N1CCC3. The molecule has 13 heteroatoms. The lowest BCUT2D eigenvalue weighted by molar-refractivity contribution is 0.275. The van der Waals surface area contributed by atoms with Crippen LogP contribution in [-0.4, -0.2) is 65.7 Å². The van der Waals surface area contributed by atoms with Crippen LogP contribution in [0.2, 0.25) is 0 Å². The van der Waals surface area contributed by atoms with E-state index in [1.165, 1.54) is 17.7 Å². The zero-order valence-electron chi connectivity index (χ0n) is 19.9. The van der Waals surface area contributed by atoms with Gasteiger partial charge in [-0.2, -0.15) is 8.42 Å². The molecule has 37 heavy (non-hydrogen) atoms. The van der Waals surface area contributed by atoms with Crippen LogP contribution in [0.1, 0.15) is 24.0 Å². The molecule has 0 aliphatic carbocycles. The molecule has 0 fully saturated rings. The number of aromatic amines is 1. The Morgan fingerprint density at radius 2 is 1.84 bits per heavy atom. The van der Waals surface area contributed by atoms with Crippen LogP contribution in [0.15, 0.2) is 48.7 Å². The van der Waals surface area contributed by atoms with Gasteiger partial charge in [-0.25, -0.2) is 13.3 Å². The molecule has 4 heterocycles. The Morgan fingerprint density at radius 3 is 2.57 bits per heavy atom. The van der Waals surface area contributed by atoms with Crippen LogP contribution >= 0.6 is 7.82 Å². The van der Waals surface area contributed by atoms with Crippen molar-refractivity contribution in [2.45, 2.75) is 19.3 Å². The van der Waals surface area contributed by atoms with Gasteiger partial charge in [-0.15, -0.1) is 0 Å². The van der Waals surface area contributed by atoms with Gasteiger partial charge in [0.1, 0.15) is 5.82 Å². The van der Waals surface area contributed by atoms with Crippen molar-refractivity contribution < 1.29 is 32.1 Å². The van der Waals surface area contributed by atoms with E-state index in [2.05, 4.69) is 16.0 Å². The first-order valence-electron chi connectivity index (χ1n) is 11.9. The second-order valence-electron chi connectivity index (χ2n) is 9.23. The Labute approximate surface area is 214 Å². The highest BCUT2D eigenvalue weighted by atomic mass is 32.2. The van der Waals surface area contributed by atoms with Crippen LogP contribution in [0.3, 0.4) is 0 Å². The molecule has 1 aromatic heterocycles. The molecule has 0 unspecified atom stereocenters. The number of fused-ring (bicyclic) bond motifs is 1. The predicted molar refractivity (Wildman–Crippen MR) is 140 cm³/mol. The molecule has 0 saturated carbocycles. The summed E-state index contributed by atoms with van der Waals surface area (Å²) in [5.41, 5.74) is 6.01. The average molecular weight is 551 g/mol. The summed E-state index contributed by atoms with van der Waals surface area (Å²) in [7, 11) is -8.13. The number of aromatic nitrogens is 1. The maximum absolute atomic E-state index is 13.5. The second-order valence-corrected chi connectivity index (χ2v) is 12.0. The zero-order valence-corrected chi connectivity index (χ0v) is 21.6. The molecule has 0 atom stereocenters. The Morgan fingerprint density at radius 1 is 1.05 bits per heavy atom. The smallest absolute Gasteiger partial charge is 0.360 e. The minimum atomic E-state index is -4.64. The molecule has 6 rings (SSSR count). The first kappa shape index (κ1) is 25.9. The van der Waals surface area contributed by atoms with E-state index in [-0.39, 0.29) is 5.82 Å². The van der Waals surface area contributed by atoms with Gasteiger partial charge in [0.2, 0.25) is 0 Å². The summed E-state index contributed by atoms with van der Waals surface area (Å²) in [5, 5.41) is 1.03. The van der Waals surface area contributed by atoms with Gasteiger partial charge >= 0.3 is 18.0 Å². The maximum Gasteiger partial charge on any atom is 0.466 e. The number of nitrogens with one attached hydrogen (secondary N) is 1. The van der Waals surface area contributed by atoms with Crippen molar-refractivity contribution in [3.05, 3.63) is 65.6 Å². The number of H-pyrrole nitrogens is 1. The number of aryl methyl sites for hydroxylation is 1. The lowest BCUT2D eigenvalue weighted by Crippen LogP contribution is -2.43. The van der Waals surface area contributed by atoms with Gasteiger partial charge in [-0.1, -0.05) is 18.2 Å². The Balaban J connectivity index is 0.000000514. The lowest BCUT2D eigenvalue weighted by Gasteiger charge is -2.29. The van der Waals surface area contributed by atoms with Crippen molar-refractivity contribution in [2.24, 2.45) is 0 Å². The third-order valence-corrected chi connectivity index (χ3v) is 8.74. The number of para-hydroxylation sites is 1. The monoisotopic (exact) mass is 550 g/mol. The molecule has 2 aromatic carbocycles. The fourth-order valence-electron chi connectivity index (χ4n) is 5.26. The summed E-state index contributed by atoms with van der Waals surface area (Å²) in [6.45, 7) is 3.33. The van der Waals surface area contributed by atoms with Gasteiger partial charge in [0.05, 0.1) is 11.4 Å². The predicted octanol–water partition coefficient (Wildman–Crippen LogP) is 2.99. The van der Waals surface area contributed by atoms with Crippen molar-refractivity contribution in [3.8, 4) is 0 Å². The highest BCUT2D eigenvalue weighted by molar-refractivity contribution is 7.94. The molecule has 0 spiro atoms. The van der Waals surface area contributed by atoms with Crippen molar-refractivity contribution in [3.63, 3.8) is 0 Å². The van der Waals surface area contributed by atoms with Crippen LogP contribution in [0.25, 0.3) is 16.5 Å². The van der Waals surface area contributed by atoms with Gasteiger partial charge < -0.3 is 19.7 Å². The highest BCUT2D eigenvalue weighted by Gasteiger charge is 2.42. The van der Waals surface area contributed by atoms with E-state index in [0.717, 1.165) is 65.8 Å². The van der Waals surface area contributed by atoms with Crippen molar-refractivity contribution in [2.75, 3.05) is 41.3 Å². The first-order valence-corrected chi connectivity index (χ1v) is 14.9. The quantitative estimate of drug-likeness (QED) is 0.367. The summed E-state index contributed by atoms with van der Waals surface area (Å²) >= 11 is 0. The molecule has 0 amide bonds. The topological polar surface area (TPSA) is 137 Å². The molecule has 0 saturated heterocycles. The third kappa shape index (κ3) is 5.31. The first-order chi connectivity index (χ1) is 17.5. The van der Waals surface area contributed by atoms with E-state index in [9.17, 15) is 12.8 Å². The molecule has 3 aromatic rings. The van der Waals surface area contributed by atoms with Crippen molar-refractivity contribution in [1.82, 2.24) is 9.88 Å². The Hall–Kier alpha value is -2.73. The molecule has 3 aliphatic rings. The highest BCUT2D eigenvalue weighted by Crippen LogP contribution is 2.45. The van der Waals surface area contributed by atoms with Crippen LogP contribution in [-0.2, 0) is 21.2 Å². The number of phosphoric acid groups is 1. The number of benzene rings is 2. The van der Waals surface area contributed by atoms with Crippen LogP contribution in [0.5, 0.6) is 0 Å². The van der Waals surface area contributed by atoms with E-state index < -0.39 is 18.0 Å². The minimum Gasteiger partial charge on any atom is -0.360 e. The Bertz CT molecular complexity index is 1510. The van der Waals surface area contributed by atoms with E-state index in [1.807, 2.05) is 30.5 Å². The van der Waals surface area contributed by atoms with Crippen LogP contribution < -0.4 is 8.61 Å². The number of anilines is 2. The fourth-order valence-corrected chi connectivity index (χ4v) is 7.01. The molecule has 0 radical (unpaired) electrons. The molecule has 10 nitrogen and oxygen atoms in total. The number of hydrogen-bond donors (Lipinski definition) is 4. The molecule has 3 aliphatic heterocycles. The average Bonchev–Trinajstić information content (AvgIpc) is 3.35. The fraction of sp³-hybridized carbons (Fsp3) is 0.333. The minimum absolute atomic E-state index is 0.241. The van der Waals surface area contributed by atoms with Crippen molar-refractivity contribution >= 4 is 45.9 Å². The summed E-state index contributed by atoms with van der Waals surface area (Å²) in [4.78, 5) is 27.0. The molecule has 0 bridgehead atoms. The van der Waals surface area contributed by atoms with E-state index in [0.29, 0.717) is 19.6 Å². The normalized spacial score (nSPS) is 18.9. The van der Waals surface area contributed by atoms with Gasteiger partial charge in [0.15, 0.2) is 0 Å². The van der Waals surface area contributed by atoms with Gasteiger partial charge in [-0.3, -0.25) is 9.21 Å². The Kier molecular flexibility index (Phi) is 6.90. The third-order valence-electron chi connectivity index (χ3n) is 6.88. The number of nitrogens with zero attached hydrogens (tertiary/aromatic N) is 3. The molecule has 4 N–H and O–H groups in total.